The number of aliphatic hydroxyl groups excluding tert-OH is 13. The van der Waals surface area contributed by atoms with Gasteiger partial charge in [0.05, 0.1) is 32.5 Å². The molecule has 22 nitrogen and oxygen atoms in total. The summed E-state index contributed by atoms with van der Waals surface area (Å²) in [6.07, 6.45) is -33.8. The van der Waals surface area contributed by atoms with Gasteiger partial charge >= 0.3 is 0 Å². The lowest BCUT2D eigenvalue weighted by Gasteiger charge is -2.55. The van der Waals surface area contributed by atoms with E-state index in [-0.39, 0.29) is 0 Å². The quantitative estimate of drug-likeness (QED) is 0.100. The molecule has 2 unspecified atom stereocenters. The summed E-state index contributed by atoms with van der Waals surface area (Å²) < 4.78 is 32.9. The third-order valence-corrected chi connectivity index (χ3v) is 8.93. The van der Waals surface area contributed by atoms with E-state index in [0.717, 1.165) is 6.92 Å². The van der Waals surface area contributed by atoms with Crippen LogP contribution in [0.15, 0.2) is 0 Å². The highest BCUT2D eigenvalue weighted by molar-refractivity contribution is 5.73. The molecular formula is C26H45NO21. The van der Waals surface area contributed by atoms with Gasteiger partial charge in [0.1, 0.15) is 97.7 Å². The monoisotopic (exact) mass is 707 g/mol. The maximum Gasteiger partial charge on any atom is 0.224 e. The molecule has 4 fully saturated rings. The number of carbonyl (C=O) groups is 1. The number of amides is 1. The second-order valence-corrected chi connectivity index (χ2v) is 12.1. The Bertz CT molecular complexity index is 1060. The predicted molar refractivity (Wildman–Crippen MR) is 146 cm³/mol. The summed E-state index contributed by atoms with van der Waals surface area (Å²) in [5.74, 6) is -3.99. The molecule has 0 aromatic heterocycles. The fraction of sp³-hybridized carbons (Fsp3) is 0.962. The van der Waals surface area contributed by atoms with E-state index in [4.69, 9.17) is 28.4 Å². The van der Waals surface area contributed by atoms with Gasteiger partial charge in [0.15, 0.2) is 12.6 Å². The number of nitrogens with one attached hydrogen (secondary N) is 1. The molecule has 0 bridgehead atoms. The van der Waals surface area contributed by atoms with Gasteiger partial charge in [-0.2, -0.15) is 0 Å². The van der Waals surface area contributed by atoms with Crippen LogP contribution in [-0.2, 0) is 33.2 Å². The lowest BCUT2D eigenvalue weighted by atomic mass is 9.81. The number of ether oxygens (including phenoxy) is 6. The molecule has 1 amide bonds. The third kappa shape index (κ3) is 7.35. The largest absolute Gasteiger partial charge is 0.394 e. The minimum atomic E-state index is -3.14. The molecule has 4 heterocycles. The van der Waals surface area contributed by atoms with E-state index in [9.17, 15) is 76.3 Å². The van der Waals surface area contributed by atoms with Gasteiger partial charge in [0.25, 0.3) is 0 Å². The Balaban J connectivity index is 1.60. The standard InChI is InChI=1S/C26H45NO21/c1-6(32)27-11-14(35)20(46-24-17(38)15(36)12(33)7(2-28)44-24)9(4-30)43-23(11)26(42)22(41)19(40)21(10(5-31)48-26)47-25-18(39)16(37)13(34)8(3-29)45-25/h7-25,28-31,33-42H,2-5H2,1H3,(H,27,32)/t7-,8-,9-,10-,11-,12+,13+,14-,15+,16+,17-,18-,19+,20-,21-,22-,23?,24+,25+,26?/m1/s1. The van der Waals surface area contributed by atoms with Crippen LogP contribution in [0, 0.1) is 0 Å². The Morgan fingerprint density at radius 3 is 1.46 bits per heavy atom. The first kappa shape index (κ1) is 39.5. The minimum absolute atomic E-state index is 0.827. The van der Waals surface area contributed by atoms with Crippen LogP contribution in [0.1, 0.15) is 6.92 Å². The van der Waals surface area contributed by atoms with Crippen LogP contribution >= 0.6 is 0 Å². The SMILES string of the molecule is CC(=O)N[C@H]1C(C2(O)O[C@H](CO)[C@@H](O[C@@H]3O[C@H](CO)[C@H](O)[C@H](O)[C@H]3O)[C@H](O)[C@H]2O)O[C@H](CO)[C@@H](O[C@@H]2O[C@H](CO)[C@H](O)[C@H](O)[C@H]2O)[C@@H]1O. The lowest BCUT2D eigenvalue weighted by molar-refractivity contribution is -0.417. The van der Waals surface area contributed by atoms with Gasteiger partial charge < -0.3 is 105 Å². The van der Waals surface area contributed by atoms with Crippen molar-refractivity contribution in [2.24, 2.45) is 0 Å². The first-order valence-electron chi connectivity index (χ1n) is 15.1. The molecule has 0 saturated carbocycles. The zero-order valence-corrected chi connectivity index (χ0v) is 25.4. The molecule has 4 rings (SSSR count). The molecule has 0 spiro atoms. The maximum absolute atomic E-state index is 12.2. The van der Waals surface area contributed by atoms with Gasteiger partial charge in [-0.1, -0.05) is 0 Å². The smallest absolute Gasteiger partial charge is 0.224 e. The molecule has 0 aliphatic carbocycles. The number of carbonyl (C=O) groups excluding carboxylic acids is 1. The summed E-state index contributed by atoms with van der Waals surface area (Å²) in [5, 5.41) is 148. The van der Waals surface area contributed by atoms with Gasteiger partial charge in [-0.15, -0.1) is 0 Å². The molecule has 20 atom stereocenters. The van der Waals surface area contributed by atoms with Crippen molar-refractivity contribution in [1.82, 2.24) is 5.32 Å². The Morgan fingerprint density at radius 2 is 1.04 bits per heavy atom. The van der Waals surface area contributed by atoms with E-state index < -0.39 is 154 Å². The Kier molecular flexibility index (Phi) is 13.1. The molecule has 4 saturated heterocycles. The Labute approximate surface area is 271 Å². The van der Waals surface area contributed by atoms with Crippen molar-refractivity contribution in [2.45, 2.75) is 129 Å². The molecule has 4 aliphatic heterocycles. The normalized spacial score (nSPS) is 51.8. The highest BCUT2D eigenvalue weighted by atomic mass is 16.7. The highest BCUT2D eigenvalue weighted by Gasteiger charge is 2.64. The highest BCUT2D eigenvalue weighted by Crippen LogP contribution is 2.40. The van der Waals surface area contributed by atoms with Crippen LogP contribution in [0.5, 0.6) is 0 Å². The van der Waals surface area contributed by atoms with Gasteiger partial charge in [-0.3, -0.25) is 4.79 Å². The number of rotatable bonds is 10. The summed E-state index contributed by atoms with van der Waals surface area (Å²) >= 11 is 0. The number of hydrogen-bond acceptors (Lipinski definition) is 21. The van der Waals surface area contributed by atoms with Crippen molar-refractivity contribution in [3.05, 3.63) is 0 Å². The molecule has 280 valence electrons. The molecule has 48 heavy (non-hydrogen) atoms. The van der Waals surface area contributed by atoms with Crippen molar-refractivity contribution in [3.63, 3.8) is 0 Å². The maximum atomic E-state index is 12.2. The van der Waals surface area contributed by atoms with Crippen LogP contribution in [0.2, 0.25) is 0 Å². The zero-order valence-electron chi connectivity index (χ0n) is 25.4. The van der Waals surface area contributed by atoms with Gasteiger partial charge in [-0.05, 0) is 0 Å². The summed E-state index contributed by atoms with van der Waals surface area (Å²) in [5.41, 5.74) is 0. The second-order valence-electron chi connectivity index (χ2n) is 12.1. The van der Waals surface area contributed by atoms with E-state index in [2.05, 4.69) is 5.32 Å². The average molecular weight is 708 g/mol. The van der Waals surface area contributed by atoms with Crippen LogP contribution < -0.4 is 5.32 Å². The molecule has 0 radical (unpaired) electrons. The molecule has 4 aliphatic rings. The fourth-order valence-corrected chi connectivity index (χ4v) is 6.26. The topological polar surface area (TPSA) is 368 Å². The summed E-state index contributed by atoms with van der Waals surface area (Å²) in [6.45, 7) is -2.75. The van der Waals surface area contributed by atoms with Crippen molar-refractivity contribution in [2.75, 3.05) is 26.4 Å². The predicted octanol–water partition coefficient (Wildman–Crippen LogP) is -10.2. The molecule has 0 aromatic rings. The van der Waals surface area contributed by atoms with Gasteiger partial charge in [-0.25, -0.2) is 0 Å². The minimum Gasteiger partial charge on any atom is -0.394 e. The Hall–Kier alpha value is -1.33. The van der Waals surface area contributed by atoms with E-state index in [1.807, 2.05) is 0 Å². The number of aliphatic hydroxyl groups is 14. The lowest BCUT2D eigenvalue weighted by Crippen LogP contribution is -2.78. The van der Waals surface area contributed by atoms with E-state index in [1.54, 1.807) is 0 Å². The third-order valence-electron chi connectivity index (χ3n) is 8.93. The van der Waals surface area contributed by atoms with Crippen LogP contribution in [0.3, 0.4) is 0 Å². The van der Waals surface area contributed by atoms with Crippen LogP contribution in [0.25, 0.3) is 0 Å². The molecular weight excluding hydrogens is 662 g/mol. The molecule has 15 N–H and O–H groups in total. The van der Waals surface area contributed by atoms with Crippen molar-refractivity contribution in [1.29, 1.82) is 0 Å². The van der Waals surface area contributed by atoms with Crippen LogP contribution in [-0.4, -0.2) is 226 Å². The van der Waals surface area contributed by atoms with Crippen molar-refractivity contribution < 1.29 is 105 Å². The van der Waals surface area contributed by atoms with Gasteiger partial charge in [0.2, 0.25) is 11.7 Å². The zero-order chi connectivity index (χ0) is 35.8. The summed E-state index contributed by atoms with van der Waals surface area (Å²) in [6, 6.07) is -1.82. The molecule has 22 heteroatoms. The fourth-order valence-electron chi connectivity index (χ4n) is 6.26. The van der Waals surface area contributed by atoms with Crippen LogP contribution in [0.4, 0.5) is 0 Å². The van der Waals surface area contributed by atoms with E-state index in [0.29, 0.717) is 0 Å². The average Bonchev–Trinajstić information content (AvgIpc) is 3.06. The summed E-state index contributed by atoms with van der Waals surface area (Å²) in [4.78, 5) is 12.2. The first-order valence-corrected chi connectivity index (χ1v) is 15.1. The molecule has 0 aromatic carbocycles. The Morgan fingerprint density at radius 1 is 0.604 bits per heavy atom. The van der Waals surface area contributed by atoms with E-state index in [1.165, 1.54) is 0 Å². The second kappa shape index (κ2) is 15.9. The summed E-state index contributed by atoms with van der Waals surface area (Å²) in [7, 11) is 0. The van der Waals surface area contributed by atoms with Crippen molar-refractivity contribution >= 4 is 5.91 Å². The van der Waals surface area contributed by atoms with Crippen molar-refractivity contribution in [3.8, 4) is 0 Å². The number of hydrogen-bond donors (Lipinski definition) is 15. The van der Waals surface area contributed by atoms with E-state index >= 15 is 0 Å². The van der Waals surface area contributed by atoms with Gasteiger partial charge in [0, 0.05) is 6.92 Å². The first-order chi connectivity index (χ1) is 22.6.